The van der Waals surface area contributed by atoms with Crippen LogP contribution in [0.5, 0.6) is 0 Å². The maximum absolute atomic E-state index is 4.12. The Bertz CT molecular complexity index is 1660. The van der Waals surface area contributed by atoms with Gasteiger partial charge in [0, 0.05) is 126 Å². The summed E-state index contributed by atoms with van der Waals surface area (Å²) >= 11 is 0. The molecule has 12 nitrogen and oxygen atoms in total. The fraction of sp³-hybridized carbons (Fsp3) is 0.429. The molecule has 0 radical (unpaired) electrons. The third kappa shape index (κ3) is 11.1. The Kier molecular flexibility index (Phi) is 13.9. The van der Waals surface area contributed by atoms with Crippen molar-refractivity contribution in [3.05, 3.63) is 147 Å². The molecule has 0 unspecified atom stereocenters. The number of likely N-dealkylation sites (tertiary alicyclic amines) is 2. The summed E-state index contributed by atoms with van der Waals surface area (Å²) in [4.78, 5) is 21.3. The van der Waals surface area contributed by atoms with E-state index in [9.17, 15) is 0 Å². The first-order valence-electron chi connectivity index (χ1n) is 19.6. The molecule has 0 aliphatic carbocycles. The molecule has 4 aromatic heterocycles. The summed E-state index contributed by atoms with van der Waals surface area (Å²) in [6, 6.07) is 23.9. The van der Waals surface area contributed by atoms with E-state index in [0.29, 0.717) is 24.2 Å². The molecule has 54 heavy (non-hydrogen) atoms. The molecule has 6 aromatic rings. The van der Waals surface area contributed by atoms with Gasteiger partial charge in [0.2, 0.25) is 0 Å². The number of rotatable bonds is 8. The van der Waals surface area contributed by atoms with E-state index < -0.39 is 0 Å². The molecular weight excluding hydrogens is 673 g/mol. The summed E-state index contributed by atoms with van der Waals surface area (Å²) in [5.41, 5.74) is 2.80. The van der Waals surface area contributed by atoms with Gasteiger partial charge in [-0.05, 0) is 49.9 Å². The van der Waals surface area contributed by atoms with Gasteiger partial charge in [-0.25, -0.2) is 19.9 Å². The van der Waals surface area contributed by atoms with E-state index in [1.807, 2.05) is 62.5 Å². The van der Waals surface area contributed by atoms with Crippen molar-refractivity contribution in [2.75, 3.05) is 52.4 Å². The van der Waals surface area contributed by atoms with Crippen molar-refractivity contribution in [1.82, 2.24) is 58.6 Å². The number of hydrogen-bond donors (Lipinski definition) is 2. The number of hydrogen-bond acceptors (Lipinski definition) is 8. The average Bonchev–Trinajstić information content (AvgIpc) is 4.08. The van der Waals surface area contributed by atoms with Gasteiger partial charge >= 0.3 is 0 Å². The number of imidazole rings is 4. The molecule has 8 heterocycles. The fourth-order valence-electron chi connectivity index (χ4n) is 7.81. The Morgan fingerprint density at radius 1 is 0.463 bits per heavy atom. The molecule has 2 N–H and O–H groups in total. The zero-order chi connectivity index (χ0) is 36.6. The van der Waals surface area contributed by atoms with Crippen molar-refractivity contribution < 1.29 is 0 Å². The standard InChI is InChI=1S/2C14H17N3.2C7H11N3/c2*1-2-4-13(5-3-1)10-16-8-6-14(11-16)17-9-7-15-12-17;2*1-2-8-5-7(1)10-4-3-9-6-10/h2*1-5,7,9,12,14H,6,8,10-11H2;2*3-4,6-8H,1-2,5H2/t2*14-;2*7-/m1010/s1. The summed E-state index contributed by atoms with van der Waals surface area (Å²) < 4.78 is 8.79. The smallest absolute Gasteiger partial charge is 0.0948 e. The molecule has 2 aromatic carbocycles. The Morgan fingerprint density at radius 3 is 1.15 bits per heavy atom. The molecule has 0 spiro atoms. The quantitative estimate of drug-likeness (QED) is 0.212. The number of aromatic nitrogens is 8. The first kappa shape index (κ1) is 37.4. The highest BCUT2D eigenvalue weighted by Crippen LogP contribution is 2.24. The van der Waals surface area contributed by atoms with E-state index >= 15 is 0 Å². The van der Waals surface area contributed by atoms with E-state index in [2.05, 4.69) is 132 Å². The molecule has 0 saturated carbocycles. The summed E-state index contributed by atoms with van der Waals surface area (Å²) in [7, 11) is 0. The molecule has 0 bridgehead atoms. The van der Waals surface area contributed by atoms with Gasteiger partial charge in [-0.1, -0.05) is 60.7 Å². The van der Waals surface area contributed by atoms with Crippen LogP contribution in [0.3, 0.4) is 0 Å². The molecule has 4 aliphatic heterocycles. The minimum atomic E-state index is 0.598. The first-order valence-corrected chi connectivity index (χ1v) is 19.6. The lowest BCUT2D eigenvalue weighted by Crippen LogP contribution is -2.20. The molecular formula is C42H56N12. The van der Waals surface area contributed by atoms with Gasteiger partial charge < -0.3 is 28.9 Å². The maximum Gasteiger partial charge on any atom is 0.0948 e. The van der Waals surface area contributed by atoms with Crippen LogP contribution in [0.4, 0.5) is 0 Å². The largest absolute Gasteiger partial charge is 0.333 e. The van der Waals surface area contributed by atoms with Gasteiger partial charge in [-0.15, -0.1) is 0 Å². The Hall–Kier alpha value is -4.88. The van der Waals surface area contributed by atoms with Crippen LogP contribution in [0.1, 0.15) is 61.0 Å². The number of benzene rings is 2. The number of nitrogens with one attached hydrogen (secondary N) is 2. The summed E-state index contributed by atoms with van der Waals surface area (Å²) in [5, 5.41) is 6.62. The summed E-state index contributed by atoms with van der Waals surface area (Å²) in [6.07, 6.45) is 28.1. The van der Waals surface area contributed by atoms with Crippen LogP contribution < -0.4 is 10.6 Å². The van der Waals surface area contributed by atoms with Gasteiger partial charge in [0.25, 0.3) is 0 Å². The van der Waals surface area contributed by atoms with Gasteiger partial charge in [-0.2, -0.15) is 0 Å². The zero-order valence-corrected chi connectivity index (χ0v) is 31.4. The molecule has 284 valence electrons. The third-order valence-corrected chi connectivity index (χ3v) is 10.8. The second kappa shape index (κ2) is 20.0. The predicted octanol–water partition coefficient (Wildman–Crippen LogP) is 5.50. The highest BCUT2D eigenvalue weighted by Gasteiger charge is 2.24. The first-order chi connectivity index (χ1) is 26.8. The van der Waals surface area contributed by atoms with Gasteiger partial charge in [0.05, 0.1) is 25.3 Å². The van der Waals surface area contributed by atoms with Crippen molar-refractivity contribution in [1.29, 1.82) is 0 Å². The van der Waals surface area contributed by atoms with E-state index in [1.165, 1.54) is 49.9 Å². The number of nitrogens with zero attached hydrogens (tertiary/aromatic N) is 10. The van der Waals surface area contributed by atoms with Crippen LogP contribution in [0.15, 0.2) is 136 Å². The predicted molar refractivity (Wildman–Crippen MR) is 213 cm³/mol. The van der Waals surface area contributed by atoms with Crippen LogP contribution in [0.2, 0.25) is 0 Å². The van der Waals surface area contributed by atoms with Crippen molar-refractivity contribution in [2.45, 2.75) is 62.9 Å². The van der Waals surface area contributed by atoms with Crippen molar-refractivity contribution in [3.63, 3.8) is 0 Å². The van der Waals surface area contributed by atoms with Crippen molar-refractivity contribution >= 4 is 0 Å². The summed E-state index contributed by atoms with van der Waals surface area (Å²) in [6.45, 7) is 11.2. The second-order valence-corrected chi connectivity index (χ2v) is 14.7. The van der Waals surface area contributed by atoms with Gasteiger partial charge in [-0.3, -0.25) is 9.80 Å². The van der Waals surface area contributed by atoms with E-state index in [-0.39, 0.29) is 0 Å². The van der Waals surface area contributed by atoms with E-state index in [1.54, 1.807) is 0 Å². The average molecular weight is 729 g/mol. The topological polar surface area (TPSA) is 102 Å². The minimum Gasteiger partial charge on any atom is -0.333 e. The molecule has 12 heteroatoms. The van der Waals surface area contributed by atoms with Crippen LogP contribution >= 0.6 is 0 Å². The highest BCUT2D eigenvalue weighted by atomic mass is 15.2. The maximum atomic E-state index is 4.12. The zero-order valence-electron chi connectivity index (χ0n) is 31.4. The lowest BCUT2D eigenvalue weighted by Gasteiger charge is -2.16. The van der Waals surface area contributed by atoms with Gasteiger partial charge in [0.1, 0.15) is 0 Å². The SMILES string of the molecule is c1ccc(CN2CC[C@@H](n3ccnc3)C2)cc1.c1ccc(CN2CC[C@H](n3ccnc3)C2)cc1.c1cn([C@@H]2CCNC2)cn1.c1cn([C@H]2CCNC2)cn1. The van der Waals surface area contributed by atoms with Crippen LogP contribution in [0.25, 0.3) is 0 Å². The molecule has 4 saturated heterocycles. The van der Waals surface area contributed by atoms with Crippen molar-refractivity contribution in [3.8, 4) is 0 Å². The molecule has 4 atom stereocenters. The fourth-order valence-corrected chi connectivity index (χ4v) is 7.81. The molecule has 4 fully saturated rings. The highest BCUT2D eigenvalue weighted by molar-refractivity contribution is 5.15. The molecule has 0 amide bonds. The lowest BCUT2D eigenvalue weighted by atomic mass is 10.2. The third-order valence-electron chi connectivity index (χ3n) is 10.8. The summed E-state index contributed by atoms with van der Waals surface area (Å²) in [5.74, 6) is 0. The molecule has 4 aliphatic rings. The minimum absolute atomic E-state index is 0.598. The van der Waals surface area contributed by atoms with Crippen molar-refractivity contribution in [2.24, 2.45) is 0 Å². The van der Waals surface area contributed by atoms with E-state index in [0.717, 1.165) is 52.4 Å². The van der Waals surface area contributed by atoms with Crippen LogP contribution in [-0.2, 0) is 13.1 Å². The monoisotopic (exact) mass is 728 g/mol. The van der Waals surface area contributed by atoms with Crippen LogP contribution in [0, 0.1) is 0 Å². The Labute approximate surface area is 319 Å². The second-order valence-electron chi connectivity index (χ2n) is 14.7. The Morgan fingerprint density at radius 2 is 0.833 bits per heavy atom. The normalized spacial score (nSPS) is 22.5. The van der Waals surface area contributed by atoms with Crippen LogP contribution in [-0.4, -0.2) is 100 Å². The van der Waals surface area contributed by atoms with Gasteiger partial charge in [0.15, 0.2) is 0 Å². The Balaban J connectivity index is 0.000000115. The van der Waals surface area contributed by atoms with E-state index in [4.69, 9.17) is 0 Å². The lowest BCUT2D eigenvalue weighted by molar-refractivity contribution is 0.316. The molecule has 10 rings (SSSR count).